The first kappa shape index (κ1) is 34.0. The van der Waals surface area contributed by atoms with E-state index in [-0.39, 0.29) is 0 Å². The van der Waals surface area contributed by atoms with Crippen LogP contribution in [0.1, 0.15) is 22.3 Å². The maximum atomic E-state index is 7.28. The average Bonchev–Trinajstić information content (AvgIpc) is 3.97. The fraction of sp³-hybridized carbons (Fsp3) is 0.0169. The molecule has 61 heavy (non-hydrogen) atoms. The number of hydrogen-bond donors (Lipinski definition) is 0. The van der Waals surface area contributed by atoms with Gasteiger partial charge in [0.05, 0.1) is 11.1 Å². The smallest absolute Gasteiger partial charge is 0.160 e. The van der Waals surface area contributed by atoms with Gasteiger partial charge in [0.25, 0.3) is 0 Å². The van der Waals surface area contributed by atoms with Crippen molar-refractivity contribution in [2.75, 3.05) is 4.90 Å². The third-order valence-corrected chi connectivity index (χ3v) is 13.3. The van der Waals surface area contributed by atoms with Crippen LogP contribution in [0.3, 0.4) is 0 Å². The second-order valence-electron chi connectivity index (χ2n) is 16.3. The lowest BCUT2D eigenvalue weighted by molar-refractivity contribution is 0.670. The Bertz CT molecular complexity index is 3460. The Kier molecular flexibility index (Phi) is 7.26. The largest absolute Gasteiger partial charge is 0.453 e. The summed E-state index contributed by atoms with van der Waals surface area (Å²) in [6.45, 7) is 0. The van der Waals surface area contributed by atoms with Gasteiger partial charge in [-0.25, -0.2) is 0 Å². The van der Waals surface area contributed by atoms with Crippen molar-refractivity contribution in [1.82, 2.24) is 0 Å². The van der Waals surface area contributed by atoms with Crippen LogP contribution in [-0.2, 0) is 5.41 Å². The zero-order chi connectivity index (χ0) is 40.1. The van der Waals surface area contributed by atoms with Crippen LogP contribution in [0.25, 0.3) is 77.2 Å². The Labute approximate surface area is 354 Å². The van der Waals surface area contributed by atoms with Crippen molar-refractivity contribution in [3.05, 3.63) is 247 Å². The van der Waals surface area contributed by atoms with Gasteiger partial charge in [-0.1, -0.05) is 194 Å². The summed E-state index contributed by atoms with van der Waals surface area (Å²) in [5.74, 6) is 0. The second-order valence-corrected chi connectivity index (χ2v) is 16.3. The number of benzene rings is 10. The molecule has 13 rings (SSSR count). The number of anilines is 3. The highest BCUT2D eigenvalue weighted by Crippen LogP contribution is 2.63. The van der Waals surface area contributed by atoms with Crippen molar-refractivity contribution < 1.29 is 4.42 Å². The highest BCUT2D eigenvalue weighted by Gasteiger charge is 2.51. The Morgan fingerprint density at radius 2 is 0.836 bits per heavy atom. The van der Waals surface area contributed by atoms with Gasteiger partial charge in [0.2, 0.25) is 0 Å². The first-order valence-electron chi connectivity index (χ1n) is 21.1. The summed E-state index contributed by atoms with van der Waals surface area (Å²) < 4.78 is 7.28. The molecule has 2 nitrogen and oxygen atoms in total. The molecular formula is C59H37NO. The number of nitrogens with zero attached hydrogens (tertiary/aromatic N) is 1. The van der Waals surface area contributed by atoms with Crippen LogP contribution in [0.4, 0.5) is 17.1 Å². The van der Waals surface area contributed by atoms with E-state index in [0.717, 1.165) is 55.5 Å². The molecule has 2 aliphatic rings. The zero-order valence-corrected chi connectivity index (χ0v) is 33.2. The lowest BCUT2D eigenvalue weighted by Crippen LogP contribution is -2.26. The Balaban J connectivity index is 1.12. The fourth-order valence-corrected chi connectivity index (χ4v) is 10.7. The summed E-state index contributed by atoms with van der Waals surface area (Å²) in [6.07, 6.45) is 0. The van der Waals surface area contributed by atoms with Gasteiger partial charge in [-0.15, -0.1) is 0 Å². The lowest BCUT2D eigenvalue weighted by Gasteiger charge is -2.32. The second kappa shape index (κ2) is 13.0. The topological polar surface area (TPSA) is 16.4 Å². The van der Waals surface area contributed by atoms with Crippen molar-refractivity contribution in [2.45, 2.75) is 5.41 Å². The van der Waals surface area contributed by atoms with Crippen LogP contribution >= 0.6 is 0 Å². The van der Waals surface area contributed by atoms with Crippen LogP contribution in [0.2, 0.25) is 0 Å². The van der Waals surface area contributed by atoms with Gasteiger partial charge >= 0.3 is 0 Å². The highest BCUT2D eigenvalue weighted by atomic mass is 16.3. The van der Waals surface area contributed by atoms with Gasteiger partial charge in [0.15, 0.2) is 5.58 Å². The monoisotopic (exact) mass is 775 g/mol. The van der Waals surface area contributed by atoms with E-state index in [0.29, 0.717) is 0 Å². The molecule has 0 unspecified atom stereocenters. The van der Waals surface area contributed by atoms with E-state index >= 15 is 0 Å². The quantitative estimate of drug-likeness (QED) is 0.173. The number of para-hydroxylation sites is 1. The molecule has 11 aromatic rings. The molecule has 0 bridgehead atoms. The lowest BCUT2D eigenvalue weighted by atomic mass is 9.70. The van der Waals surface area contributed by atoms with E-state index in [1.807, 2.05) is 0 Å². The van der Waals surface area contributed by atoms with Crippen molar-refractivity contribution >= 4 is 49.8 Å². The van der Waals surface area contributed by atoms with Crippen LogP contribution in [0.15, 0.2) is 229 Å². The first-order chi connectivity index (χ1) is 30.3. The van der Waals surface area contributed by atoms with Crippen LogP contribution in [0, 0.1) is 0 Å². The molecule has 10 aromatic carbocycles. The standard InChI is InChI=1S/C59H37NO/c1-3-16-38(17-4-1)39-30-32-42(33-31-39)60(55-36-41-20-7-8-21-44(41)56-50-26-15-25-45(57(50)61-58(55)56)40-18-5-2-6-19-40)43-34-35-49-48-24-11-14-29-53(48)59(54(49)37-43)51-27-12-9-22-46(51)47-23-10-13-28-52(47)59/h1-37H. The van der Waals surface area contributed by atoms with Crippen molar-refractivity contribution in [2.24, 2.45) is 0 Å². The third kappa shape index (κ3) is 4.79. The molecule has 0 fully saturated rings. The van der Waals surface area contributed by atoms with E-state index in [1.54, 1.807) is 0 Å². The van der Waals surface area contributed by atoms with Gasteiger partial charge in [-0.3, -0.25) is 0 Å². The Morgan fingerprint density at radius 1 is 0.328 bits per heavy atom. The number of furan rings is 1. The minimum absolute atomic E-state index is 0.472. The van der Waals surface area contributed by atoms with E-state index in [2.05, 4.69) is 229 Å². The highest BCUT2D eigenvalue weighted by molar-refractivity contribution is 6.24. The molecule has 0 saturated carbocycles. The molecule has 2 aliphatic carbocycles. The SMILES string of the molecule is c1ccc(-c2ccc(N(c3ccc4c(c3)C3(c5ccccc5-c5ccccc53)c3ccccc3-4)c3cc4ccccc4c4c3oc3c(-c5ccccc5)cccc34)cc2)cc1. The summed E-state index contributed by atoms with van der Waals surface area (Å²) in [4.78, 5) is 2.43. The molecule has 1 aromatic heterocycles. The summed E-state index contributed by atoms with van der Waals surface area (Å²) in [6, 6.07) is 82.1. The molecule has 0 amide bonds. The molecule has 284 valence electrons. The molecular weight excluding hydrogens is 739 g/mol. The van der Waals surface area contributed by atoms with Crippen LogP contribution in [0.5, 0.6) is 0 Å². The van der Waals surface area contributed by atoms with E-state index in [1.165, 1.54) is 61.0 Å². The number of hydrogen-bond acceptors (Lipinski definition) is 2. The molecule has 0 aliphatic heterocycles. The summed E-state index contributed by atoms with van der Waals surface area (Å²) in [7, 11) is 0. The normalized spacial score (nSPS) is 13.0. The predicted molar refractivity (Wildman–Crippen MR) is 253 cm³/mol. The maximum Gasteiger partial charge on any atom is 0.160 e. The van der Waals surface area contributed by atoms with Gasteiger partial charge in [0.1, 0.15) is 5.58 Å². The van der Waals surface area contributed by atoms with Crippen LogP contribution in [-0.4, -0.2) is 0 Å². The maximum absolute atomic E-state index is 7.28. The fourth-order valence-electron chi connectivity index (χ4n) is 10.7. The van der Waals surface area contributed by atoms with E-state index < -0.39 is 5.41 Å². The van der Waals surface area contributed by atoms with Gasteiger partial charge in [0, 0.05) is 27.7 Å². The molecule has 0 saturated heterocycles. The van der Waals surface area contributed by atoms with E-state index in [4.69, 9.17) is 4.42 Å². The third-order valence-electron chi connectivity index (χ3n) is 13.3. The first-order valence-corrected chi connectivity index (χ1v) is 21.1. The van der Waals surface area contributed by atoms with Crippen LogP contribution < -0.4 is 4.90 Å². The molecule has 1 spiro atoms. The van der Waals surface area contributed by atoms with E-state index in [9.17, 15) is 0 Å². The number of fused-ring (bicyclic) bond motifs is 15. The van der Waals surface area contributed by atoms with Crippen molar-refractivity contribution in [3.8, 4) is 44.5 Å². The number of rotatable bonds is 5. The molecule has 1 heterocycles. The van der Waals surface area contributed by atoms with Crippen molar-refractivity contribution in [3.63, 3.8) is 0 Å². The van der Waals surface area contributed by atoms with Crippen molar-refractivity contribution in [1.29, 1.82) is 0 Å². The Morgan fingerprint density at radius 3 is 1.51 bits per heavy atom. The predicted octanol–water partition coefficient (Wildman–Crippen LogP) is 15.9. The zero-order valence-electron chi connectivity index (χ0n) is 33.2. The van der Waals surface area contributed by atoms with Gasteiger partial charge in [-0.2, -0.15) is 0 Å². The molecule has 0 N–H and O–H groups in total. The molecule has 0 atom stereocenters. The Hall–Kier alpha value is -7.94. The summed E-state index contributed by atoms with van der Waals surface area (Å²) >= 11 is 0. The summed E-state index contributed by atoms with van der Waals surface area (Å²) in [5, 5.41) is 4.56. The minimum atomic E-state index is -0.472. The minimum Gasteiger partial charge on any atom is -0.453 e. The molecule has 2 heteroatoms. The molecule has 0 radical (unpaired) electrons. The average molecular weight is 776 g/mol. The van der Waals surface area contributed by atoms with Gasteiger partial charge < -0.3 is 9.32 Å². The summed E-state index contributed by atoms with van der Waals surface area (Å²) in [5.41, 5.74) is 19.4. The van der Waals surface area contributed by atoms with Gasteiger partial charge in [-0.05, 0) is 102 Å².